The van der Waals surface area contributed by atoms with Gasteiger partial charge in [0.1, 0.15) is 0 Å². The summed E-state index contributed by atoms with van der Waals surface area (Å²) in [5.74, 6) is -0.0902. The second-order valence-electron chi connectivity index (χ2n) is 8.30. The minimum Gasteiger partial charge on any atom is -0.379 e. The summed E-state index contributed by atoms with van der Waals surface area (Å²) < 4.78 is 33.2. The zero-order valence-electron chi connectivity index (χ0n) is 17.8. The first-order valence-corrected chi connectivity index (χ1v) is 13.4. The lowest BCUT2D eigenvalue weighted by atomic mass is 10.1. The Morgan fingerprint density at radius 1 is 1.03 bits per heavy atom. The summed E-state index contributed by atoms with van der Waals surface area (Å²) in [5.41, 5.74) is 2.64. The maximum atomic E-state index is 13.2. The van der Waals surface area contributed by atoms with E-state index in [4.69, 9.17) is 4.74 Å². The fourth-order valence-corrected chi connectivity index (χ4v) is 7.12. The fraction of sp³-hybridized carbons (Fsp3) is 0.435. The van der Waals surface area contributed by atoms with Crippen LogP contribution in [0.4, 0.5) is 11.4 Å². The maximum Gasteiger partial charge on any atom is 0.243 e. The summed E-state index contributed by atoms with van der Waals surface area (Å²) in [6.45, 7) is 3.29. The van der Waals surface area contributed by atoms with Crippen LogP contribution in [0, 0.1) is 0 Å². The Kier molecular flexibility index (Phi) is 6.16. The molecule has 1 N–H and O–H groups in total. The molecule has 170 valence electrons. The third-order valence-electron chi connectivity index (χ3n) is 6.22. The van der Waals surface area contributed by atoms with Crippen LogP contribution < -0.4 is 10.2 Å². The number of ether oxygens (including phenoxy) is 1. The predicted octanol–water partition coefficient (Wildman–Crippen LogP) is 2.96. The predicted molar refractivity (Wildman–Crippen MR) is 126 cm³/mol. The number of rotatable bonds is 5. The molecule has 7 nitrogen and oxygen atoms in total. The normalized spacial score (nSPS) is 21.5. The van der Waals surface area contributed by atoms with Crippen molar-refractivity contribution in [3.63, 3.8) is 0 Å². The van der Waals surface area contributed by atoms with Crippen LogP contribution in [0.3, 0.4) is 0 Å². The highest BCUT2D eigenvalue weighted by Crippen LogP contribution is 2.38. The van der Waals surface area contributed by atoms with E-state index >= 15 is 0 Å². The highest BCUT2D eigenvalue weighted by Gasteiger charge is 2.31. The largest absolute Gasteiger partial charge is 0.379 e. The zero-order chi connectivity index (χ0) is 22.1. The number of hydrogen-bond acceptors (Lipinski definition) is 6. The second kappa shape index (κ2) is 9.05. The van der Waals surface area contributed by atoms with Crippen molar-refractivity contribution >= 4 is 39.1 Å². The molecule has 2 aromatic carbocycles. The van der Waals surface area contributed by atoms with Crippen molar-refractivity contribution in [2.75, 3.05) is 49.6 Å². The fourth-order valence-electron chi connectivity index (χ4n) is 4.49. The summed E-state index contributed by atoms with van der Waals surface area (Å²) >= 11 is 1.57. The Hall–Kier alpha value is -2.07. The minimum absolute atomic E-state index is 0.0902. The van der Waals surface area contributed by atoms with Gasteiger partial charge in [-0.25, -0.2) is 8.42 Å². The van der Waals surface area contributed by atoms with Gasteiger partial charge in [0.2, 0.25) is 15.9 Å². The van der Waals surface area contributed by atoms with E-state index in [-0.39, 0.29) is 16.1 Å². The lowest BCUT2D eigenvalue weighted by Crippen LogP contribution is -2.40. The molecular weight excluding hydrogens is 446 g/mol. The number of nitrogens with one attached hydrogen (secondary N) is 1. The molecule has 32 heavy (non-hydrogen) atoms. The number of nitrogens with zero attached hydrogens (tertiary/aromatic N) is 2. The lowest BCUT2D eigenvalue weighted by molar-refractivity contribution is -0.115. The van der Waals surface area contributed by atoms with Gasteiger partial charge in [-0.15, -0.1) is 11.8 Å². The summed E-state index contributed by atoms with van der Waals surface area (Å²) in [6.07, 6.45) is 2.86. The van der Waals surface area contributed by atoms with E-state index in [0.717, 1.165) is 36.5 Å². The number of hydrogen-bond donors (Lipinski definition) is 1. The molecule has 0 aliphatic carbocycles. The summed E-state index contributed by atoms with van der Waals surface area (Å²) in [6, 6.07) is 13.2. The van der Waals surface area contributed by atoms with E-state index in [9.17, 15) is 13.2 Å². The van der Waals surface area contributed by atoms with Gasteiger partial charge in [-0.1, -0.05) is 18.2 Å². The van der Waals surface area contributed by atoms with E-state index in [1.165, 1.54) is 9.87 Å². The number of fused-ring (bicyclic) bond motifs is 1. The van der Waals surface area contributed by atoms with E-state index in [1.54, 1.807) is 23.9 Å². The van der Waals surface area contributed by atoms with Gasteiger partial charge >= 0.3 is 0 Å². The van der Waals surface area contributed by atoms with Crippen LogP contribution in [0.5, 0.6) is 0 Å². The molecule has 0 aromatic heterocycles. The Bertz CT molecular complexity index is 1080. The average Bonchev–Trinajstić information content (AvgIpc) is 3.50. The minimum atomic E-state index is -3.65. The van der Waals surface area contributed by atoms with Gasteiger partial charge < -0.3 is 15.0 Å². The quantitative estimate of drug-likeness (QED) is 0.719. The molecule has 0 saturated carbocycles. The number of anilines is 2. The monoisotopic (exact) mass is 473 g/mol. The van der Waals surface area contributed by atoms with Crippen molar-refractivity contribution in [2.24, 2.45) is 0 Å². The van der Waals surface area contributed by atoms with Crippen LogP contribution in [-0.4, -0.2) is 63.3 Å². The highest BCUT2D eigenvalue weighted by molar-refractivity contribution is 8.01. The molecule has 3 aliphatic heterocycles. The zero-order valence-corrected chi connectivity index (χ0v) is 19.5. The van der Waals surface area contributed by atoms with Gasteiger partial charge in [-0.2, -0.15) is 4.31 Å². The average molecular weight is 474 g/mol. The Labute approximate surface area is 193 Å². The molecule has 0 radical (unpaired) electrons. The van der Waals surface area contributed by atoms with Gasteiger partial charge in [-0.3, -0.25) is 4.79 Å². The van der Waals surface area contributed by atoms with Crippen molar-refractivity contribution in [3.05, 3.63) is 48.0 Å². The summed E-state index contributed by atoms with van der Waals surface area (Å²) in [4.78, 5) is 16.7. The maximum absolute atomic E-state index is 13.2. The van der Waals surface area contributed by atoms with Crippen molar-refractivity contribution in [1.82, 2.24) is 4.31 Å². The number of carbonyl (C=O) groups is 1. The molecule has 2 aromatic rings. The number of carbonyl (C=O) groups excluding carboxylic acids is 1. The number of sulfonamides is 1. The molecule has 3 heterocycles. The van der Waals surface area contributed by atoms with Crippen LogP contribution in [0.2, 0.25) is 0 Å². The van der Waals surface area contributed by atoms with Gasteiger partial charge in [-0.05, 0) is 49.1 Å². The van der Waals surface area contributed by atoms with Crippen LogP contribution in [-0.2, 0) is 26.0 Å². The van der Waals surface area contributed by atoms with Gasteiger partial charge in [0.25, 0.3) is 0 Å². The Morgan fingerprint density at radius 2 is 1.78 bits per heavy atom. The molecule has 0 bridgehead atoms. The lowest BCUT2D eigenvalue weighted by Gasteiger charge is -2.27. The first kappa shape index (κ1) is 21.8. The van der Waals surface area contributed by atoms with E-state index in [2.05, 4.69) is 16.3 Å². The van der Waals surface area contributed by atoms with Gasteiger partial charge in [0, 0.05) is 31.1 Å². The van der Waals surface area contributed by atoms with Crippen LogP contribution in [0.1, 0.15) is 18.4 Å². The molecule has 2 fully saturated rings. The first-order chi connectivity index (χ1) is 15.5. The standard InChI is InChI=1S/C23H27N3O4S2/c27-23(22-15-17-5-1-2-6-21(17)31-22)24-19-16-18(7-8-20(19)25-9-3-4-10-25)32(28,29)26-11-13-30-14-12-26/h1-2,5-8,16,22H,3-4,9-15H2,(H,24,27). The van der Waals surface area contributed by atoms with Crippen molar-refractivity contribution < 1.29 is 17.9 Å². The van der Waals surface area contributed by atoms with Crippen molar-refractivity contribution in [2.45, 2.75) is 34.3 Å². The highest BCUT2D eigenvalue weighted by atomic mass is 32.2. The molecule has 3 aliphatic rings. The number of thioether (sulfide) groups is 1. The number of amides is 1. The van der Waals surface area contributed by atoms with Crippen LogP contribution in [0.15, 0.2) is 52.3 Å². The van der Waals surface area contributed by atoms with Gasteiger partial charge in [0.15, 0.2) is 0 Å². The smallest absolute Gasteiger partial charge is 0.243 e. The summed E-state index contributed by atoms with van der Waals surface area (Å²) in [5, 5.41) is 2.85. The molecule has 9 heteroatoms. The molecule has 2 saturated heterocycles. The Balaban J connectivity index is 1.42. The van der Waals surface area contributed by atoms with E-state index < -0.39 is 10.0 Å². The molecule has 5 rings (SSSR count). The van der Waals surface area contributed by atoms with Crippen molar-refractivity contribution in [3.8, 4) is 0 Å². The van der Waals surface area contributed by atoms with Crippen molar-refractivity contribution in [1.29, 1.82) is 0 Å². The van der Waals surface area contributed by atoms with Crippen LogP contribution >= 0.6 is 11.8 Å². The molecule has 1 unspecified atom stereocenters. The molecule has 0 spiro atoms. The van der Waals surface area contributed by atoms with E-state index in [0.29, 0.717) is 38.4 Å². The summed E-state index contributed by atoms with van der Waals surface area (Å²) in [7, 11) is -3.65. The third kappa shape index (κ3) is 4.26. The van der Waals surface area contributed by atoms with E-state index in [1.807, 2.05) is 24.3 Å². The second-order valence-corrected chi connectivity index (χ2v) is 11.5. The molecule has 1 atom stereocenters. The number of morpholine rings is 1. The molecule has 1 amide bonds. The SMILES string of the molecule is O=C(Nc1cc(S(=O)(=O)N2CCOCC2)ccc1N1CCCC1)C1Cc2ccccc2S1. The first-order valence-electron chi connectivity index (χ1n) is 11.0. The number of benzene rings is 2. The van der Waals surface area contributed by atoms with Gasteiger partial charge in [0.05, 0.1) is 34.7 Å². The van der Waals surface area contributed by atoms with Crippen LogP contribution in [0.25, 0.3) is 0 Å². The topological polar surface area (TPSA) is 79.0 Å². The third-order valence-corrected chi connectivity index (χ3v) is 9.43. The Morgan fingerprint density at radius 3 is 2.53 bits per heavy atom. The molecular formula is C23H27N3O4S2.